The van der Waals surface area contributed by atoms with Crippen molar-refractivity contribution in [1.29, 1.82) is 0 Å². The zero-order valence-electron chi connectivity index (χ0n) is 18.3. The summed E-state index contributed by atoms with van der Waals surface area (Å²) in [6.07, 6.45) is 0. The lowest BCUT2D eigenvalue weighted by Gasteiger charge is -2.36. The summed E-state index contributed by atoms with van der Waals surface area (Å²) in [5.41, 5.74) is 3.75. The predicted molar refractivity (Wildman–Crippen MR) is 137 cm³/mol. The number of piperazine rings is 1. The summed E-state index contributed by atoms with van der Waals surface area (Å²) in [7, 11) is 0. The Balaban J connectivity index is 1.16. The van der Waals surface area contributed by atoms with Crippen LogP contribution in [0.15, 0.2) is 77.1 Å². The standard InChI is InChI=1S/C25H22N4O3S2/c30-24(28-14-12-27(13-15-28)20-4-3-5-21(16-20)29(31)32)19-10-8-18(9-11-19)17-33-25-26-22-6-1-2-7-23(22)34-25/h1-11,16H,12-15,17H2. The van der Waals surface area contributed by atoms with E-state index in [9.17, 15) is 14.9 Å². The van der Waals surface area contributed by atoms with Crippen molar-refractivity contribution < 1.29 is 9.72 Å². The van der Waals surface area contributed by atoms with Gasteiger partial charge >= 0.3 is 0 Å². The van der Waals surface area contributed by atoms with E-state index in [2.05, 4.69) is 16.0 Å². The lowest BCUT2D eigenvalue weighted by Crippen LogP contribution is -2.48. The van der Waals surface area contributed by atoms with Crippen LogP contribution in [0.4, 0.5) is 11.4 Å². The molecule has 0 aliphatic carbocycles. The molecular formula is C25H22N4O3S2. The number of hydrogen-bond donors (Lipinski definition) is 0. The molecule has 1 fully saturated rings. The summed E-state index contributed by atoms with van der Waals surface area (Å²) >= 11 is 3.40. The Kier molecular flexibility index (Phi) is 6.46. The first-order valence-electron chi connectivity index (χ1n) is 10.9. The fourth-order valence-electron chi connectivity index (χ4n) is 3.96. The third kappa shape index (κ3) is 4.90. The van der Waals surface area contributed by atoms with Crippen molar-refractivity contribution in [3.05, 3.63) is 94.0 Å². The molecule has 1 amide bonds. The van der Waals surface area contributed by atoms with Crippen LogP contribution in [-0.4, -0.2) is 46.9 Å². The summed E-state index contributed by atoms with van der Waals surface area (Å²) < 4.78 is 2.24. The molecule has 3 aromatic carbocycles. The number of hydrogen-bond acceptors (Lipinski definition) is 7. The van der Waals surface area contributed by atoms with Crippen LogP contribution in [0.3, 0.4) is 0 Å². The highest BCUT2D eigenvalue weighted by Gasteiger charge is 2.23. The molecule has 172 valence electrons. The van der Waals surface area contributed by atoms with E-state index < -0.39 is 0 Å². The van der Waals surface area contributed by atoms with Gasteiger partial charge in [-0.1, -0.05) is 42.1 Å². The number of thioether (sulfide) groups is 1. The lowest BCUT2D eigenvalue weighted by atomic mass is 10.1. The smallest absolute Gasteiger partial charge is 0.271 e. The number of amides is 1. The van der Waals surface area contributed by atoms with Crippen molar-refractivity contribution in [2.24, 2.45) is 0 Å². The van der Waals surface area contributed by atoms with Gasteiger partial charge in [-0.25, -0.2) is 4.98 Å². The van der Waals surface area contributed by atoms with Gasteiger partial charge in [0, 0.05) is 55.3 Å². The molecule has 1 aliphatic rings. The Morgan fingerprint density at radius 3 is 2.50 bits per heavy atom. The molecular weight excluding hydrogens is 468 g/mol. The molecule has 0 saturated carbocycles. The van der Waals surface area contributed by atoms with E-state index in [4.69, 9.17) is 0 Å². The SMILES string of the molecule is O=C(c1ccc(CSc2nc3ccccc3s2)cc1)N1CCN(c2cccc([N+](=O)[O-])c2)CC1. The van der Waals surface area contributed by atoms with Gasteiger partial charge in [0.05, 0.1) is 15.1 Å². The molecule has 0 radical (unpaired) electrons. The number of rotatable bonds is 6. The molecule has 1 aromatic heterocycles. The van der Waals surface area contributed by atoms with E-state index in [1.807, 2.05) is 53.4 Å². The summed E-state index contributed by atoms with van der Waals surface area (Å²) in [5, 5.41) is 11.0. The van der Waals surface area contributed by atoms with Gasteiger partial charge in [0.15, 0.2) is 4.34 Å². The number of benzene rings is 3. The molecule has 0 atom stereocenters. The van der Waals surface area contributed by atoms with Gasteiger partial charge in [-0.05, 0) is 35.9 Å². The van der Waals surface area contributed by atoms with Crippen LogP contribution >= 0.6 is 23.1 Å². The second kappa shape index (κ2) is 9.82. The summed E-state index contributed by atoms with van der Waals surface area (Å²) in [5.74, 6) is 0.819. The van der Waals surface area contributed by atoms with Crippen LogP contribution in [-0.2, 0) is 5.75 Å². The van der Waals surface area contributed by atoms with Crippen molar-refractivity contribution in [2.45, 2.75) is 10.1 Å². The van der Waals surface area contributed by atoms with Gasteiger partial charge in [0.25, 0.3) is 11.6 Å². The first-order valence-corrected chi connectivity index (χ1v) is 12.7. The summed E-state index contributed by atoms with van der Waals surface area (Å²) in [6, 6.07) is 22.6. The van der Waals surface area contributed by atoms with Crippen LogP contribution < -0.4 is 4.90 Å². The molecule has 0 bridgehead atoms. The highest BCUT2D eigenvalue weighted by atomic mass is 32.2. The van der Waals surface area contributed by atoms with Gasteiger partial charge in [-0.2, -0.15) is 0 Å². The Hall–Kier alpha value is -3.43. The van der Waals surface area contributed by atoms with E-state index in [-0.39, 0.29) is 16.5 Å². The average Bonchev–Trinajstić information content (AvgIpc) is 3.31. The Morgan fingerprint density at radius 2 is 1.76 bits per heavy atom. The number of fused-ring (bicyclic) bond motifs is 1. The molecule has 34 heavy (non-hydrogen) atoms. The van der Waals surface area contributed by atoms with E-state index in [1.165, 1.54) is 10.8 Å². The van der Waals surface area contributed by atoms with E-state index >= 15 is 0 Å². The van der Waals surface area contributed by atoms with Gasteiger partial charge < -0.3 is 9.80 Å². The summed E-state index contributed by atoms with van der Waals surface area (Å²) in [6.45, 7) is 2.45. The minimum Gasteiger partial charge on any atom is -0.368 e. The maximum absolute atomic E-state index is 13.0. The number of aromatic nitrogens is 1. The second-order valence-electron chi connectivity index (χ2n) is 7.99. The molecule has 4 aromatic rings. The number of nitro benzene ring substituents is 1. The number of anilines is 1. The predicted octanol–water partition coefficient (Wildman–Crippen LogP) is 5.46. The molecule has 0 unspecified atom stereocenters. The maximum Gasteiger partial charge on any atom is 0.271 e. The van der Waals surface area contributed by atoms with Crippen LogP contribution in [0.25, 0.3) is 10.2 Å². The number of carbonyl (C=O) groups excluding carboxylic acids is 1. The third-order valence-corrected chi connectivity index (χ3v) is 8.06. The molecule has 0 N–H and O–H groups in total. The van der Waals surface area contributed by atoms with Crippen LogP contribution in [0, 0.1) is 10.1 Å². The molecule has 1 aliphatic heterocycles. The van der Waals surface area contributed by atoms with Gasteiger partial charge in [-0.15, -0.1) is 11.3 Å². The van der Waals surface area contributed by atoms with Crippen LogP contribution in [0.2, 0.25) is 0 Å². The van der Waals surface area contributed by atoms with Gasteiger partial charge in [0.2, 0.25) is 0 Å². The number of para-hydroxylation sites is 1. The van der Waals surface area contributed by atoms with Crippen molar-refractivity contribution in [2.75, 3.05) is 31.1 Å². The van der Waals surface area contributed by atoms with Crippen molar-refractivity contribution >= 4 is 50.6 Å². The Bertz CT molecular complexity index is 1300. The minimum absolute atomic E-state index is 0.0177. The van der Waals surface area contributed by atoms with Gasteiger partial charge in [0.1, 0.15) is 0 Å². The molecule has 9 heteroatoms. The molecule has 0 spiro atoms. The quantitative estimate of drug-likeness (QED) is 0.203. The fraction of sp³-hybridized carbons (Fsp3) is 0.200. The molecule has 7 nitrogen and oxygen atoms in total. The van der Waals surface area contributed by atoms with E-state index in [0.29, 0.717) is 31.7 Å². The van der Waals surface area contributed by atoms with Crippen LogP contribution in [0.1, 0.15) is 15.9 Å². The first-order chi connectivity index (χ1) is 16.6. The Labute approximate surface area is 205 Å². The van der Waals surface area contributed by atoms with E-state index in [1.54, 1.807) is 35.2 Å². The van der Waals surface area contributed by atoms with Crippen molar-refractivity contribution in [3.63, 3.8) is 0 Å². The normalized spacial score (nSPS) is 13.9. The molecule has 2 heterocycles. The Morgan fingerprint density at radius 1 is 1.00 bits per heavy atom. The van der Waals surface area contributed by atoms with Gasteiger partial charge in [-0.3, -0.25) is 14.9 Å². The lowest BCUT2D eigenvalue weighted by molar-refractivity contribution is -0.384. The number of non-ortho nitro benzene ring substituents is 1. The first kappa shape index (κ1) is 22.4. The number of carbonyl (C=O) groups is 1. The summed E-state index contributed by atoms with van der Waals surface area (Å²) in [4.78, 5) is 32.2. The largest absolute Gasteiger partial charge is 0.368 e. The molecule has 1 saturated heterocycles. The number of thiazole rings is 1. The number of nitro groups is 1. The fourth-order valence-corrected chi connectivity index (χ4v) is 5.98. The monoisotopic (exact) mass is 490 g/mol. The zero-order chi connectivity index (χ0) is 23.5. The third-order valence-electron chi connectivity index (χ3n) is 5.81. The average molecular weight is 491 g/mol. The highest BCUT2D eigenvalue weighted by molar-refractivity contribution is 8.00. The van der Waals surface area contributed by atoms with E-state index in [0.717, 1.165) is 26.9 Å². The van der Waals surface area contributed by atoms with Crippen molar-refractivity contribution in [1.82, 2.24) is 9.88 Å². The zero-order valence-corrected chi connectivity index (χ0v) is 19.9. The minimum atomic E-state index is -0.384. The highest BCUT2D eigenvalue weighted by Crippen LogP contribution is 2.31. The molecule has 5 rings (SSSR count). The number of nitrogens with zero attached hydrogens (tertiary/aromatic N) is 4. The van der Waals surface area contributed by atoms with Crippen LogP contribution in [0.5, 0.6) is 0 Å². The van der Waals surface area contributed by atoms with Crippen molar-refractivity contribution in [3.8, 4) is 0 Å². The topological polar surface area (TPSA) is 79.6 Å². The second-order valence-corrected chi connectivity index (χ2v) is 10.2. The maximum atomic E-state index is 13.0.